The number of ether oxygens (including phenoxy) is 6. The van der Waals surface area contributed by atoms with Crippen molar-refractivity contribution in [2.24, 2.45) is 0 Å². The summed E-state index contributed by atoms with van der Waals surface area (Å²) < 4.78 is 33.5. The molecule has 0 spiro atoms. The van der Waals surface area contributed by atoms with E-state index >= 15 is 0 Å². The van der Waals surface area contributed by atoms with Gasteiger partial charge in [-0.2, -0.15) is 0 Å². The molecule has 3 aromatic rings. The molecule has 0 aliphatic rings. The van der Waals surface area contributed by atoms with Gasteiger partial charge in [0.15, 0.2) is 0 Å². The van der Waals surface area contributed by atoms with Gasteiger partial charge in [0.25, 0.3) is 0 Å². The molecule has 0 heterocycles. The van der Waals surface area contributed by atoms with Gasteiger partial charge in [0.05, 0.1) is 18.3 Å². The summed E-state index contributed by atoms with van der Waals surface area (Å²) in [5.74, 6) is 0.0855. The van der Waals surface area contributed by atoms with E-state index in [2.05, 4.69) is 26.7 Å². The number of hydrogen-bond acceptors (Lipinski definition) is 12. The summed E-state index contributed by atoms with van der Waals surface area (Å²) in [6, 6.07) is 22.6. The van der Waals surface area contributed by atoms with Crippen LogP contribution in [0.2, 0.25) is 0 Å². The van der Waals surface area contributed by atoms with E-state index in [-0.39, 0.29) is 55.8 Å². The topological polar surface area (TPSA) is 167 Å². The molecule has 0 aliphatic heterocycles. The number of aliphatic hydroxyl groups excluding tert-OH is 3. The molecule has 59 heavy (non-hydrogen) atoms. The van der Waals surface area contributed by atoms with Gasteiger partial charge in [-0.1, -0.05) is 56.1 Å². The molecule has 0 bridgehead atoms. The molecule has 12 heteroatoms. The minimum Gasteiger partial charge on any atom is -0.491 e. The Balaban J connectivity index is 1.78. The standard InChI is InChI=1S/C47H60O12/c1-29(2)44(51)57-32(7)23-38(48)26-54-41-17-11-35(12-18-41)47(10,36-13-19-42(20-14-36)55-27-39(49)24-33(8)58-45(52)30(3)4)37-15-21-43(22-16-37)56-28-40(50)25-34(9)59-46(53)31(5)6/h11-22,32-34,38-40,48-50H,1,3,5,23-28H2,2,4,6-10H3. The highest BCUT2D eigenvalue weighted by Crippen LogP contribution is 2.40. The van der Waals surface area contributed by atoms with E-state index in [0.717, 1.165) is 16.7 Å². The first kappa shape index (κ1) is 47.9. The van der Waals surface area contributed by atoms with Crippen molar-refractivity contribution in [2.45, 2.75) is 110 Å². The van der Waals surface area contributed by atoms with Crippen LogP contribution in [0.3, 0.4) is 0 Å². The lowest BCUT2D eigenvalue weighted by molar-refractivity contribution is -0.145. The van der Waals surface area contributed by atoms with Crippen molar-refractivity contribution in [3.05, 3.63) is 126 Å². The van der Waals surface area contributed by atoms with Gasteiger partial charge in [0.1, 0.15) is 55.4 Å². The Morgan fingerprint density at radius 3 is 0.915 bits per heavy atom. The van der Waals surface area contributed by atoms with E-state index in [1.54, 1.807) is 41.5 Å². The maximum absolute atomic E-state index is 11.8. The van der Waals surface area contributed by atoms with Crippen LogP contribution in [0.1, 0.15) is 84.4 Å². The lowest BCUT2D eigenvalue weighted by Crippen LogP contribution is -2.27. The SMILES string of the molecule is C=C(C)C(=O)OC(C)CC(O)COc1ccc(C(C)(c2ccc(OCC(O)CC(C)OC(=O)C(=C)C)cc2)c2ccc(OCC(O)CC(C)OC(=O)C(=C)C)cc2)cc1. The summed E-state index contributed by atoms with van der Waals surface area (Å²) in [7, 11) is 0. The fourth-order valence-corrected chi connectivity index (χ4v) is 6.08. The molecule has 3 N–H and O–H groups in total. The minimum absolute atomic E-state index is 0.00495. The minimum atomic E-state index is -0.874. The zero-order chi connectivity index (χ0) is 43.9. The smallest absolute Gasteiger partial charge is 0.333 e. The van der Waals surface area contributed by atoms with Crippen molar-refractivity contribution in [1.29, 1.82) is 0 Å². The highest BCUT2D eigenvalue weighted by molar-refractivity contribution is 5.87. The molecule has 12 nitrogen and oxygen atoms in total. The first-order valence-corrected chi connectivity index (χ1v) is 19.6. The van der Waals surface area contributed by atoms with Crippen molar-refractivity contribution in [2.75, 3.05) is 19.8 Å². The van der Waals surface area contributed by atoms with Gasteiger partial charge in [0, 0.05) is 41.4 Å². The molecular formula is C47H60O12. The van der Waals surface area contributed by atoms with Crippen LogP contribution >= 0.6 is 0 Å². The predicted molar refractivity (Wildman–Crippen MR) is 224 cm³/mol. The Kier molecular flexibility index (Phi) is 18.4. The van der Waals surface area contributed by atoms with E-state index in [4.69, 9.17) is 28.4 Å². The Bertz CT molecular complexity index is 1650. The number of rotatable bonds is 24. The summed E-state index contributed by atoms with van der Waals surface area (Å²) in [5.41, 5.74) is 2.93. The van der Waals surface area contributed by atoms with E-state index in [9.17, 15) is 29.7 Å². The maximum atomic E-state index is 11.8. The molecule has 0 radical (unpaired) electrons. The number of aliphatic hydroxyl groups is 3. The highest BCUT2D eigenvalue weighted by atomic mass is 16.6. The van der Waals surface area contributed by atoms with Gasteiger partial charge in [-0.3, -0.25) is 0 Å². The number of hydrogen-bond donors (Lipinski definition) is 3. The normalized spacial score (nSPS) is 15.2. The Morgan fingerprint density at radius 2 is 0.712 bits per heavy atom. The number of carbonyl (C=O) groups excluding carboxylic acids is 3. The monoisotopic (exact) mass is 816 g/mol. The largest absolute Gasteiger partial charge is 0.491 e. The van der Waals surface area contributed by atoms with Crippen LogP contribution in [0.25, 0.3) is 0 Å². The van der Waals surface area contributed by atoms with Crippen LogP contribution in [0.5, 0.6) is 17.2 Å². The second-order valence-corrected chi connectivity index (χ2v) is 15.3. The third-order valence-electron chi connectivity index (χ3n) is 9.40. The van der Waals surface area contributed by atoms with Crippen LogP contribution in [-0.2, 0) is 34.0 Å². The molecule has 3 rings (SSSR count). The highest BCUT2D eigenvalue weighted by Gasteiger charge is 2.32. The first-order valence-electron chi connectivity index (χ1n) is 19.6. The van der Waals surface area contributed by atoms with Crippen molar-refractivity contribution in [1.82, 2.24) is 0 Å². The molecule has 0 saturated carbocycles. The Labute approximate surface area is 348 Å². The first-order chi connectivity index (χ1) is 27.8. The summed E-state index contributed by atoms with van der Waals surface area (Å²) in [5, 5.41) is 31.6. The fraction of sp³-hybridized carbons (Fsp3) is 0.426. The molecule has 0 aliphatic carbocycles. The average Bonchev–Trinajstić information content (AvgIpc) is 3.18. The van der Waals surface area contributed by atoms with Crippen LogP contribution in [0, 0.1) is 0 Å². The second kappa shape index (κ2) is 22.6. The third kappa shape index (κ3) is 15.4. The lowest BCUT2D eigenvalue weighted by atomic mass is 9.71. The molecule has 3 aromatic carbocycles. The van der Waals surface area contributed by atoms with Crippen molar-refractivity contribution in [3.63, 3.8) is 0 Å². The zero-order valence-electron chi connectivity index (χ0n) is 35.3. The molecule has 6 atom stereocenters. The molecule has 320 valence electrons. The molecular weight excluding hydrogens is 757 g/mol. The van der Waals surface area contributed by atoms with E-state index in [1.807, 2.05) is 72.8 Å². The quantitative estimate of drug-likeness (QED) is 0.0369. The summed E-state index contributed by atoms with van der Waals surface area (Å²) in [4.78, 5) is 35.5. The van der Waals surface area contributed by atoms with Gasteiger partial charge in [-0.15, -0.1) is 0 Å². The summed E-state index contributed by atoms with van der Waals surface area (Å²) in [6.07, 6.45) is -3.60. The van der Waals surface area contributed by atoms with Gasteiger partial charge in [-0.25, -0.2) is 14.4 Å². The van der Waals surface area contributed by atoms with Gasteiger partial charge >= 0.3 is 17.9 Å². The Morgan fingerprint density at radius 1 is 0.492 bits per heavy atom. The summed E-state index contributed by atoms with van der Waals surface area (Å²) in [6.45, 7) is 22.6. The molecule has 0 saturated heterocycles. The summed E-state index contributed by atoms with van der Waals surface area (Å²) >= 11 is 0. The maximum Gasteiger partial charge on any atom is 0.333 e. The van der Waals surface area contributed by atoms with Gasteiger partial charge < -0.3 is 43.7 Å². The van der Waals surface area contributed by atoms with Crippen molar-refractivity contribution < 1.29 is 58.1 Å². The zero-order valence-corrected chi connectivity index (χ0v) is 35.3. The van der Waals surface area contributed by atoms with Crippen LogP contribution < -0.4 is 14.2 Å². The van der Waals surface area contributed by atoms with E-state index in [0.29, 0.717) is 17.2 Å². The van der Waals surface area contributed by atoms with Crippen LogP contribution in [0.4, 0.5) is 0 Å². The molecule has 0 aromatic heterocycles. The molecule has 0 amide bonds. The predicted octanol–water partition coefficient (Wildman–Crippen LogP) is 6.95. The average molecular weight is 817 g/mol. The number of benzene rings is 3. The van der Waals surface area contributed by atoms with E-state index in [1.165, 1.54) is 0 Å². The second-order valence-electron chi connectivity index (χ2n) is 15.3. The molecule has 6 unspecified atom stereocenters. The number of carbonyl (C=O) groups is 3. The van der Waals surface area contributed by atoms with Crippen LogP contribution in [-0.4, -0.2) is 89.7 Å². The van der Waals surface area contributed by atoms with Gasteiger partial charge in [0.2, 0.25) is 0 Å². The van der Waals surface area contributed by atoms with Crippen LogP contribution in [0.15, 0.2) is 109 Å². The fourth-order valence-electron chi connectivity index (χ4n) is 6.08. The van der Waals surface area contributed by atoms with Crippen molar-refractivity contribution in [3.8, 4) is 17.2 Å². The van der Waals surface area contributed by atoms with E-state index < -0.39 is 59.9 Å². The Hall–Kier alpha value is -5.43. The molecule has 0 fully saturated rings. The third-order valence-corrected chi connectivity index (χ3v) is 9.40. The lowest BCUT2D eigenvalue weighted by Gasteiger charge is -2.32. The number of esters is 3. The van der Waals surface area contributed by atoms with Crippen molar-refractivity contribution >= 4 is 17.9 Å². The van der Waals surface area contributed by atoms with Gasteiger partial charge in [-0.05, 0) is 102 Å².